The predicted molar refractivity (Wildman–Crippen MR) is 63.4 cm³/mol. The van der Waals surface area contributed by atoms with Crippen LogP contribution in [0.3, 0.4) is 0 Å². The van der Waals surface area contributed by atoms with Gasteiger partial charge in [0.2, 0.25) is 5.91 Å². The van der Waals surface area contributed by atoms with Crippen molar-refractivity contribution in [3.05, 3.63) is 0 Å². The summed E-state index contributed by atoms with van der Waals surface area (Å²) in [5.41, 5.74) is 0. The molecule has 2 saturated heterocycles. The van der Waals surface area contributed by atoms with Crippen LogP contribution in [0.5, 0.6) is 0 Å². The van der Waals surface area contributed by atoms with Crippen molar-refractivity contribution in [3.8, 4) is 0 Å². The minimum atomic E-state index is -0.330. The number of amides is 2. The first kappa shape index (κ1) is 11.7. The average molecular weight is 243 g/mol. The van der Waals surface area contributed by atoms with Crippen molar-refractivity contribution in [3.63, 3.8) is 0 Å². The highest BCUT2D eigenvalue weighted by Crippen LogP contribution is 2.15. The van der Waals surface area contributed by atoms with Gasteiger partial charge in [-0.15, -0.1) is 0 Å². The van der Waals surface area contributed by atoms with Crippen LogP contribution in [-0.2, 0) is 4.79 Å². The normalized spacial score (nSPS) is 29.2. The van der Waals surface area contributed by atoms with E-state index in [2.05, 4.69) is 10.6 Å². The highest BCUT2D eigenvalue weighted by atomic mass is 32.2. The number of carbonyl (C=O) groups is 2. The minimum Gasteiger partial charge on any atom is -0.342 e. The van der Waals surface area contributed by atoms with Gasteiger partial charge < -0.3 is 15.5 Å². The Morgan fingerprint density at radius 1 is 1.62 bits per heavy atom. The summed E-state index contributed by atoms with van der Waals surface area (Å²) in [6, 6.07) is 0.0858. The lowest BCUT2D eigenvalue weighted by atomic mass is 10.2. The van der Waals surface area contributed by atoms with Gasteiger partial charge in [0.15, 0.2) is 0 Å². The van der Waals surface area contributed by atoms with Gasteiger partial charge in [0, 0.05) is 25.4 Å². The first-order valence-corrected chi connectivity index (χ1v) is 6.57. The van der Waals surface area contributed by atoms with Crippen LogP contribution < -0.4 is 10.6 Å². The zero-order chi connectivity index (χ0) is 11.5. The first-order chi connectivity index (χ1) is 7.66. The number of hydrogen-bond acceptors (Lipinski definition) is 4. The van der Waals surface area contributed by atoms with E-state index in [-0.39, 0.29) is 17.2 Å². The second kappa shape index (κ2) is 5.05. The molecule has 0 spiro atoms. The van der Waals surface area contributed by atoms with E-state index in [1.54, 1.807) is 11.9 Å². The number of thioether (sulfide) groups is 1. The van der Waals surface area contributed by atoms with Crippen molar-refractivity contribution < 1.29 is 9.59 Å². The van der Waals surface area contributed by atoms with E-state index >= 15 is 0 Å². The number of hydrogen-bond donors (Lipinski definition) is 2. The van der Waals surface area contributed by atoms with Gasteiger partial charge in [0.25, 0.3) is 5.24 Å². The SMILES string of the molecule is CN(CC1CCCN1)C(=O)C1CSC(=O)N1. The fourth-order valence-electron chi connectivity index (χ4n) is 2.12. The van der Waals surface area contributed by atoms with E-state index in [0.29, 0.717) is 11.8 Å². The molecule has 16 heavy (non-hydrogen) atoms. The van der Waals surface area contributed by atoms with Gasteiger partial charge in [-0.05, 0) is 19.4 Å². The second-order valence-corrected chi connectivity index (χ2v) is 5.30. The maximum Gasteiger partial charge on any atom is 0.279 e. The quantitative estimate of drug-likeness (QED) is 0.734. The molecule has 0 aromatic carbocycles. The summed E-state index contributed by atoms with van der Waals surface area (Å²) < 4.78 is 0. The monoisotopic (exact) mass is 243 g/mol. The molecule has 2 amide bonds. The molecule has 2 rings (SSSR count). The van der Waals surface area contributed by atoms with Crippen molar-refractivity contribution in [1.29, 1.82) is 0 Å². The van der Waals surface area contributed by atoms with Gasteiger partial charge in [0.05, 0.1) is 0 Å². The van der Waals surface area contributed by atoms with Gasteiger partial charge in [-0.3, -0.25) is 9.59 Å². The summed E-state index contributed by atoms with van der Waals surface area (Å²) in [7, 11) is 1.80. The van der Waals surface area contributed by atoms with E-state index in [4.69, 9.17) is 0 Å². The van der Waals surface area contributed by atoms with Crippen LogP contribution in [0.1, 0.15) is 12.8 Å². The van der Waals surface area contributed by atoms with Gasteiger partial charge >= 0.3 is 0 Å². The molecule has 2 heterocycles. The Bertz CT molecular complexity index is 292. The van der Waals surface area contributed by atoms with E-state index in [0.717, 1.165) is 19.5 Å². The molecule has 6 heteroatoms. The average Bonchev–Trinajstić information content (AvgIpc) is 2.88. The molecule has 2 N–H and O–H groups in total. The predicted octanol–water partition coefficient (Wildman–Crippen LogP) is 0.0218. The number of nitrogens with zero attached hydrogens (tertiary/aromatic N) is 1. The highest BCUT2D eigenvalue weighted by Gasteiger charge is 2.31. The van der Waals surface area contributed by atoms with E-state index in [1.165, 1.54) is 18.2 Å². The lowest BCUT2D eigenvalue weighted by Gasteiger charge is -2.23. The van der Waals surface area contributed by atoms with Crippen LogP contribution in [0.15, 0.2) is 0 Å². The van der Waals surface area contributed by atoms with Crippen LogP contribution >= 0.6 is 11.8 Å². The van der Waals surface area contributed by atoms with Crippen LogP contribution in [0.25, 0.3) is 0 Å². The minimum absolute atomic E-state index is 0.0204. The molecule has 0 saturated carbocycles. The fraction of sp³-hybridized carbons (Fsp3) is 0.800. The summed E-state index contributed by atoms with van der Waals surface area (Å²) >= 11 is 1.18. The lowest BCUT2D eigenvalue weighted by Crippen LogP contribution is -2.47. The molecule has 0 radical (unpaired) electrons. The second-order valence-electron chi connectivity index (χ2n) is 4.31. The topological polar surface area (TPSA) is 61.4 Å². The Hall–Kier alpha value is -0.750. The molecular formula is C10H17N3O2S. The van der Waals surface area contributed by atoms with Crippen LogP contribution in [0, 0.1) is 0 Å². The molecule has 0 aliphatic carbocycles. The van der Waals surface area contributed by atoms with Crippen molar-refractivity contribution in [2.75, 3.05) is 25.9 Å². The molecule has 2 atom stereocenters. The Kier molecular flexibility index (Phi) is 3.70. The van der Waals surface area contributed by atoms with E-state index < -0.39 is 0 Å². The van der Waals surface area contributed by atoms with Gasteiger partial charge in [0.1, 0.15) is 6.04 Å². The summed E-state index contributed by atoms with van der Waals surface area (Å²) in [5.74, 6) is 0.576. The third-order valence-corrected chi connectivity index (χ3v) is 3.88. The Morgan fingerprint density at radius 2 is 2.44 bits per heavy atom. The first-order valence-electron chi connectivity index (χ1n) is 5.58. The van der Waals surface area contributed by atoms with Crippen LogP contribution in [-0.4, -0.2) is 54.0 Å². The maximum absolute atomic E-state index is 11.9. The molecule has 2 unspecified atom stereocenters. The number of rotatable bonds is 3. The van der Waals surface area contributed by atoms with Crippen molar-refractivity contribution in [1.82, 2.24) is 15.5 Å². The lowest BCUT2D eigenvalue weighted by molar-refractivity contribution is -0.131. The van der Waals surface area contributed by atoms with Crippen molar-refractivity contribution in [2.24, 2.45) is 0 Å². The largest absolute Gasteiger partial charge is 0.342 e. The molecule has 2 aliphatic heterocycles. The zero-order valence-electron chi connectivity index (χ0n) is 9.36. The Labute approximate surface area is 99.3 Å². The Morgan fingerprint density at radius 3 is 3.00 bits per heavy atom. The zero-order valence-corrected chi connectivity index (χ0v) is 10.2. The molecule has 5 nitrogen and oxygen atoms in total. The molecular weight excluding hydrogens is 226 g/mol. The summed E-state index contributed by atoms with van der Waals surface area (Å²) in [6.07, 6.45) is 2.31. The van der Waals surface area contributed by atoms with Crippen LogP contribution in [0.4, 0.5) is 4.79 Å². The van der Waals surface area contributed by atoms with E-state index in [1.807, 2.05) is 0 Å². The molecule has 0 bridgehead atoms. The molecule has 2 aliphatic rings. The maximum atomic E-state index is 11.9. The standard InChI is InChI=1S/C10H17N3O2S/c1-13(5-7-3-2-4-11-7)9(14)8-6-16-10(15)12-8/h7-8,11H,2-6H2,1H3,(H,12,15). The number of likely N-dealkylation sites (N-methyl/N-ethyl adjacent to an activating group) is 1. The fourth-order valence-corrected chi connectivity index (χ4v) is 2.89. The molecule has 0 aromatic rings. The number of nitrogens with one attached hydrogen (secondary N) is 2. The third-order valence-electron chi connectivity index (χ3n) is 3.00. The third kappa shape index (κ3) is 2.68. The Balaban J connectivity index is 1.81. The van der Waals surface area contributed by atoms with Crippen LogP contribution in [0.2, 0.25) is 0 Å². The smallest absolute Gasteiger partial charge is 0.279 e. The summed E-state index contributed by atoms with van der Waals surface area (Å²) in [6.45, 7) is 1.78. The van der Waals surface area contributed by atoms with Gasteiger partial charge in [-0.2, -0.15) is 0 Å². The molecule has 90 valence electrons. The summed E-state index contributed by atoms with van der Waals surface area (Å²) in [5, 5.41) is 5.94. The van der Waals surface area contributed by atoms with Crippen molar-refractivity contribution >= 4 is 22.9 Å². The summed E-state index contributed by atoms with van der Waals surface area (Å²) in [4.78, 5) is 24.7. The van der Waals surface area contributed by atoms with Gasteiger partial charge in [-0.25, -0.2) is 0 Å². The number of carbonyl (C=O) groups excluding carboxylic acids is 2. The van der Waals surface area contributed by atoms with E-state index in [9.17, 15) is 9.59 Å². The van der Waals surface area contributed by atoms with Gasteiger partial charge in [-0.1, -0.05) is 11.8 Å². The highest BCUT2D eigenvalue weighted by molar-refractivity contribution is 8.14. The van der Waals surface area contributed by atoms with Crippen molar-refractivity contribution in [2.45, 2.75) is 24.9 Å². The molecule has 2 fully saturated rings. The molecule has 0 aromatic heterocycles.